The number of aromatic nitrogens is 2. The lowest BCUT2D eigenvalue weighted by atomic mass is 10.2. The third-order valence-corrected chi connectivity index (χ3v) is 4.92. The highest BCUT2D eigenvalue weighted by atomic mass is 79.9. The molecule has 0 aliphatic rings. The first kappa shape index (κ1) is 23.1. The van der Waals surface area contributed by atoms with Gasteiger partial charge in [0.15, 0.2) is 12.4 Å². The number of nitro groups is 1. The van der Waals surface area contributed by atoms with Crippen LogP contribution in [0.2, 0.25) is 0 Å². The highest BCUT2D eigenvalue weighted by Gasteiger charge is 2.18. The zero-order valence-corrected chi connectivity index (χ0v) is 19.0. The van der Waals surface area contributed by atoms with E-state index in [-0.39, 0.29) is 22.9 Å². The SMILES string of the molecule is COC(=O)COc1ccc(C=Nn2c(C(C)C)nc3ccc(Br)cc3c2=O)cc1[N+](=O)[O-]. The first-order valence-electron chi connectivity index (χ1n) is 9.46. The number of nitrogens with zero attached hydrogens (tertiary/aromatic N) is 4. The highest BCUT2D eigenvalue weighted by Crippen LogP contribution is 2.27. The summed E-state index contributed by atoms with van der Waals surface area (Å²) in [5.74, 6) is -0.402. The molecule has 1 aromatic heterocycles. The first-order valence-corrected chi connectivity index (χ1v) is 10.2. The molecule has 2 aromatic carbocycles. The second-order valence-electron chi connectivity index (χ2n) is 7.00. The Balaban J connectivity index is 2.03. The van der Waals surface area contributed by atoms with Crippen LogP contribution >= 0.6 is 15.9 Å². The van der Waals surface area contributed by atoms with Gasteiger partial charge in [-0.1, -0.05) is 29.8 Å². The third-order valence-electron chi connectivity index (χ3n) is 4.42. The van der Waals surface area contributed by atoms with Gasteiger partial charge in [-0.25, -0.2) is 9.78 Å². The van der Waals surface area contributed by atoms with Crippen LogP contribution in [0.25, 0.3) is 10.9 Å². The van der Waals surface area contributed by atoms with Crippen molar-refractivity contribution in [2.24, 2.45) is 5.10 Å². The molecule has 3 aromatic rings. The van der Waals surface area contributed by atoms with Gasteiger partial charge in [-0.05, 0) is 30.3 Å². The molecule has 32 heavy (non-hydrogen) atoms. The Morgan fingerprint density at radius 1 is 1.31 bits per heavy atom. The molecule has 0 saturated carbocycles. The fourth-order valence-corrected chi connectivity index (χ4v) is 3.21. The van der Waals surface area contributed by atoms with E-state index >= 15 is 0 Å². The predicted molar refractivity (Wildman–Crippen MR) is 121 cm³/mol. The minimum atomic E-state index is -0.666. The minimum Gasteiger partial charge on any atom is -0.475 e. The number of hydrogen-bond donors (Lipinski definition) is 0. The van der Waals surface area contributed by atoms with Crippen LogP contribution in [0, 0.1) is 10.1 Å². The van der Waals surface area contributed by atoms with Crippen molar-refractivity contribution in [1.29, 1.82) is 0 Å². The van der Waals surface area contributed by atoms with E-state index < -0.39 is 17.5 Å². The van der Waals surface area contributed by atoms with Crippen molar-refractivity contribution in [3.05, 3.63) is 72.7 Å². The van der Waals surface area contributed by atoms with E-state index in [0.717, 1.165) is 4.47 Å². The molecule has 3 rings (SSSR count). The largest absolute Gasteiger partial charge is 0.475 e. The summed E-state index contributed by atoms with van der Waals surface area (Å²) in [7, 11) is 1.19. The Hall–Kier alpha value is -3.60. The second-order valence-corrected chi connectivity index (χ2v) is 7.91. The van der Waals surface area contributed by atoms with Gasteiger partial charge in [-0.3, -0.25) is 14.9 Å². The van der Waals surface area contributed by atoms with Gasteiger partial charge < -0.3 is 9.47 Å². The summed E-state index contributed by atoms with van der Waals surface area (Å²) < 4.78 is 11.6. The second kappa shape index (κ2) is 9.69. The molecule has 0 aliphatic carbocycles. The molecule has 1 heterocycles. The Bertz CT molecular complexity index is 1290. The molecular formula is C21H19BrN4O6. The van der Waals surface area contributed by atoms with Crippen molar-refractivity contribution in [1.82, 2.24) is 9.66 Å². The van der Waals surface area contributed by atoms with E-state index in [0.29, 0.717) is 22.3 Å². The first-order chi connectivity index (χ1) is 15.2. The number of halogens is 1. The van der Waals surface area contributed by atoms with Crippen LogP contribution in [0.5, 0.6) is 5.75 Å². The van der Waals surface area contributed by atoms with E-state index in [4.69, 9.17) is 4.74 Å². The van der Waals surface area contributed by atoms with Gasteiger partial charge in [0.1, 0.15) is 5.82 Å². The number of carbonyl (C=O) groups excluding carboxylic acids is 1. The molecule has 0 atom stereocenters. The third kappa shape index (κ3) is 4.99. The van der Waals surface area contributed by atoms with Crippen LogP contribution in [0.3, 0.4) is 0 Å². The maximum atomic E-state index is 13.1. The number of methoxy groups -OCH3 is 1. The van der Waals surface area contributed by atoms with Crippen molar-refractivity contribution in [3.63, 3.8) is 0 Å². The van der Waals surface area contributed by atoms with Gasteiger partial charge >= 0.3 is 11.7 Å². The zero-order valence-electron chi connectivity index (χ0n) is 17.4. The quantitative estimate of drug-likeness (QED) is 0.209. The number of hydrogen-bond acceptors (Lipinski definition) is 8. The maximum absolute atomic E-state index is 13.1. The molecule has 0 radical (unpaired) electrons. The number of nitro benzene ring substituents is 1. The average molecular weight is 503 g/mol. The van der Waals surface area contributed by atoms with Crippen LogP contribution < -0.4 is 10.3 Å². The molecule has 0 fully saturated rings. The molecule has 0 bridgehead atoms. The molecule has 0 unspecified atom stereocenters. The number of rotatable bonds is 7. The van der Waals surface area contributed by atoms with Crippen LogP contribution in [-0.4, -0.2) is 40.5 Å². The van der Waals surface area contributed by atoms with Crippen molar-refractivity contribution in [2.75, 3.05) is 13.7 Å². The standard InChI is InChI=1S/C21H19BrN4O6/c1-12(2)20-24-16-6-5-14(22)9-15(16)21(28)25(20)23-10-13-4-7-18(17(8-13)26(29)30)32-11-19(27)31-3/h4-10,12H,11H2,1-3H3. The Kier molecular flexibility index (Phi) is 6.98. The Labute approximate surface area is 190 Å². The van der Waals surface area contributed by atoms with E-state index in [1.165, 1.54) is 36.2 Å². The number of fused-ring (bicyclic) bond motifs is 1. The van der Waals surface area contributed by atoms with E-state index in [9.17, 15) is 19.7 Å². The maximum Gasteiger partial charge on any atom is 0.343 e. The van der Waals surface area contributed by atoms with Crippen LogP contribution in [0.15, 0.2) is 50.8 Å². The van der Waals surface area contributed by atoms with Crippen LogP contribution in [-0.2, 0) is 9.53 Å². The van der Waals surface area contributed by atoms with Gasteiger partial charge in [0.05, 0.1) is 29.2 Å². The Morgan fingerprint density at radius 2 is 2.06 bits per heavy atom. The molecule has 11 heteroatoms. The summed E-state index contributed by atoms with van der Waals surface area (Å²) in [6.07, 6.45) is 1.33. The topological polar surface area (TPSA) is 126 Å². The summed E-state index contributed by atoms with van der Waals surface area (Å²) in [4.78, 5) is 39.6. The zero-order chi connectivity index (χ0) is 23.4. The van der Waals surface area contributed by atoms with E-state index in [2.05, 4.69) is 30.8 Å². The summed E-state index contributed by atoms with van der Waals surface area (Å²) in [5.41, 5.74) is 0.202. The minimum absolute atomic E-state index is 0.0881. The number of ether oxygens (including phenoxy) is 2. The smallest absolute Gasteiger partial charge is 0.343 e. The van der Waals surface area contributed by atoms with Gasteiger partial charge in [-0.15, -0.1) is 0 Å². The summed E-state index contributed by atoms with van der Waals surface area (Å²) >= 11 is 3.35. The summed E-state index contributed by atoms with van der Waals surface area (Å²) in [6, 6.07) is 9.32. The molecule has 0 spiro atoms. The lowest BCUT2D eigenvalue weighted by Crippen LogP contribution is -2.23. The van der Waals surface area contributed by atoms with Crippen molar-refractivity contribution >= 4 is 44.7 Å². The summed E-state index contributed by atoms with van der Waals surface area (Å²) in [6.45, 7) is 3.31. The lowest BCUT2D eigenvalue weighted by molar-refractivity contribution is -0.385. The molecule has 0 amide bonds. The molecule has 0 aliphatic heterocycles. The van der Waals surface area contributed by atoms with Crippen molar-refractivity contribution in [3.8, 4) is 5.75 Å². The molecule has 0 N–H and O–H groups in total. The average Bonchev–Trinajstić information content (AvgIpc) is 2.77. The molecule has 0 saturated heterocycles. The van der Waals surface area contributed by atoms with Gasteiger partial charge in [0.2, 0.25) is 0 Å². The fraction of sp³-hybridized carbons (Fsp3) is 0.238. The van der Waals surface area contributed by atoms with Crippen LogP contribution in [0.1, 0.15) is 31.2 Å². The highest BCUT2D eigenvalue weighted by molar-refractivity contribution is 9.10. The van der Waals surface area contributed by atoms with Crippen molar-refractivity contribution < 1.29 is 19.2 Å². The summed E-state index contributed by atoms with van der Waals surface area (Å²) in [5, 5.41) is 16.1. The normalized spacial score (nSPS) is 11.3. The van der Waals surface area contributed by atoms with Gasteiger partial charge in [0, 0.05) is 22.0 Å². The Morgan fingerprint density at radius 3 is 2.72 bits per heavy atom. The molecule has 166 valence electrons. The number of benzene rings is 2. The number of carbonyl (C=O) groups is 1. The van der Waals surface area contributed by atoms with Gasteiger partial charge in [-0.2, -0.15) is 9.78 Å². The molecular weight excluding hydrogens is 484 g/mol. The monoisotopic (exact) mass is 502 g/mol. The van der Waals surface area contributed by atoms with E-state index in [1.807, 2.05) is 13.8 Å². The van der Waals surface area contributed by atoms with Gasteiger partial charge in [0.25, 0.3) is 5.56 Å². The number of esters is 1. The van der Waals surface area contributed by atoms with Crippen molar-refractivity contribution in [2.45, 2.75) is 19.8 Å². The van der Waals surface area contributed by atoms with Crippen LogP contribution in [0.4, 0.5) is 5.69 Å². The lowest BCUT2D eigenvalue weighted by Gasteiger charge is -2.12. The van der Waals surface area contributed by atoms with E-state index in [1.54, 1.807) is 18.2 Å². The fourth-order valence-electron chi connectivity index (χ4n) is 2.85. The molecule has 10 nitrogen and oxygen atoms in total. The predicted octanol–water partition coefficient (Wildman–Crippen LogP) is 3.62.